The third-order valence-electron chi connectivity index (χ3n) is 2.30. The van der Waals surface area contributed by atoms with Gasteiger partial charge in [-0.25, -0.2) is 9.36 Å². The molecule has 2 atom stereocenters. The fourth-order valence-electron chi connectivity index (χ4n) is 1.50. The van der Waals surface area contributed by atoms with Gasteiger partial charge in [-0.2, -0.15) is 0 Å². The Morgan fingerprint density at radius 3 is 2.30 bits per heavy atom. The van der Waals surface area contributed by atoms with Crippen molar-refractivity contribution in [3.63, 3.8) is 0 Å². The van der Waals surface area contributed by atoms with Gasteiger partial charge in [-0.1, -0.05) is 18.7 Å². The molecule has 0 aliphatic carbocycles. The van der Waals surface area contributed by atoms with Gasteiger partial charge >= 0.3 is 13.6 Å². The SMILES string of the molecule is C=C(C)/C(OP(C)(=O)O[C@@H](C)C(=O)OC)=C(C)\C=C/C. The van der Waals surface area contributed by atoms with Crippen LogP contribution in [0.2, 0.25) is 0 Å². The number of hydrogen-bond donors (Lipinski definition) is 0. The molecule has 0 amide bonds. The van der Waals surface area contributed by atoms with E-state index in [0.29, 0.717) is 11.3 Å². The highest BCUT2D eigenvalue weighted by molar-refractivity contribution is 7.53. The molecule has 0 rings (SSSR count). The Morgan fingerprint density at radius 1 is 1.35 bits per heavy atom. The lowest BCUT2D eigenvalue weighted by Gasteiger charge is -2.21. The maximum atomic E-state index is 12.3. The number of carbonyl (C=O) groups is 1. The molecule has 5 nitrogen and oxygen atoms in total. The molecule has 6 heteroatoms. The third kappa shape index (κ3) is 6.22. The average molecular weight is 302 g/mol. The van der Waals surface area contributed by atoms with E-state index in [-0.39, 0.29) is 0 Å². The smallest absolute Gasteiger partial charge is 0.376 e. The van der Waals surface area contributed by atoms with Gasteiger partial charge in [-0.3, -0.25) is 4.52 Å². The van der Waals surface area contributed by atoms with E-state index in [0.717, 1.165) is 5.57 Å². The fraction of sp³-hybridized carbons (Fsp3) is 0.500. The van der Waals surface area contributed by atoms with Crippen LogP contribution in [0.15, 0.2) is 35.6 Å². The Bertz CT molecular complexity index is 476. The minimum Gasteiger partial charge on any atom is -0.467 e. The Hall–Kier alpha value is -1.32. The van der Waals surface area contributed by atoms with Crippen molar-refractivity contribution < 1.29 is 23.1 Å². The molecule has 0 spiro atoms. The van der Waals surface area contributed by atoms with Crippen LogP contribution < -0.4 is 0 Å². The number of ether oxygens (including phenoxy) is 1. The zero-order valence-electron chi connectivity index (χ0n) is 12.9. The van der Waals surface area contributed by atoms with Crippen LogP contribution in [-0.2, 0) is 23.1 Å². The second-order valence-electron chi connectivity index (χ2n) is 4.43. The molecule has 0 aromatic heterocycles. The predicted molar refractivity (Wildman–Crippen MR) is 79.5 cm³/mol. The monoisotopic (exact) mass is 302 g/mol. The Balaban J connectivity index is 5.14. The maximum absolute atomic E-state index is 12.3. The van der Waals surface area contributed by atoms with Crippen LogP contribution in [0.25, 0.3) is 0 Å². The summed E-state index contributed by atoms with van der Waals surface area (Å²) in [6.07, 6.45) is 2.68. The minimum absolute atomic E-state index is 0.394. The van der Waals surface area contributed by atoms with E-state index in [1.54, 1.807) is 6.92 Å². The molecule has 0 aliphatic rings. The highest BCUT2D eigenvalue weighted by atomic mass is 31.2. The summed E-state index contributed by atoms with van der Waals surface area (Å²) in [6, 6.07) is 0. The quantitative estimate of drug-likeness (QED) is 0.309. The molecule has 0 heterocycles. The van der Waals surface area contributed by atoms with E-state index in [2.05, 4.69) is 11.3 Å². The second-order valence-corrected chi connectivity index (χ2v) is 6.36. The van der Waals surface area contributed by atoms with Gasteiger partial charge in [-0.05, 0) is 38.8 Å². The highest BCUT2D eigenvalue weighted by Gasteiger charge is 2.28. The van der Waals surface area contributed by atoms with Gasteiger partial charge in [0, 0.05) is 6.66 Å². The first-order valence-corrected chi connectivity index (χ1v) is 8.16. The molecule has 0 fully saturated rings. The van der Waals surface area contributed by atoms with E-state index in [4.69, 9.17) is 9.05 Å². The van der Waals surface area contributed by atoms with Gasteiger partial charge in [0.1, 0.15) is 5.76 Å². The van der Waals surface area contributed by atoms with Gasteiger partial charge in [-0.15, -0.1) is 0 Å². The molecular weight excluding hydrogens is 279 g/mol. The summed E-state index contributed by atoms with van der Waals surface area (Å²) < 4.78 is 27.4. The molecule has 0 saturated heterocycles. The van der Waals surface area contributed by atoms with Crippen LogP contribution in [-0.4, -0.2) is 25.8 Å². The molecule has 0 bridgehead atoms. The highest BCUT2D eigenvalue weighted by Crippen LogP contribution is 2.49. The summed E-state index contributed by atoms with van der Waals surface area (Å²) in [5, 5.41) is 0. The maximum Gasteiger partial charge on any atom is 0.376 e. The summed E-state index contributed by atoms with van der Waals surface area (Å²) in [5.74, 6) is -0.215. The zero-order valence-corrected chi connectivity index (χ0v) is 13.8. The average Bonchev–Trinajstić information content (AvgIpc) is 2.34. The van der Waals surface area contributed by atoms with Crippen LogP contribution in [0, 0.1) is 0 Å². The molecule has 114 valence electrons. The number of carbonyl (C=O) groups excluding carboxylic acids is 1. The summed E-state index contributed by atoms with van der Waals surface area (Å²) in [5.41, 5.74) is 1.40. The molecule has 0 aromatic carbocycles. The molecule has 0 aliphatic heterocycles. The van der Waals surface area contributed by atoms with Crippen molar-refractivity contribution in [3.05, 3.63) is 35.6 Å². The van der Waals surface area contributed by atoms with Crippen molar-refractivity contribution >= 4 is 13.6 Å². The van der Waals surface area contributed by atoms with E-state index in [1.165, 1.54) is 20.7 Å². The molecule has 0 aromatic rings. The van der Waals surface area contributed by atoms with Crippen LogP contribution in [0.4, 0.5) is 0 Å². The zero-order chi connectivity index (χ0) is 15.9. The van der Waals surface area contributed by atoms with Crippen LogP contribution in [0.1, 0.15) is 27.7 Å². The standard InChI is InChI=1S/C14H23O5P/c1-8-9-11(4)13(10(2)3)19-20(7,16)18-12(5)14(15)17-6/h8-9,12H,2H2,1,3-7H3/b9-8-,13-11+/t12-,20?/m0/s1. The topological polar surface area (TPSA) is 61.8 Å². The summed E-state index contributed by atoms with van der Waals surface area (Å²) >= 11 is 0. The normalized spacial score (nSPS) is 17.1. The Morgan fingerprint density at radius 2 is 1.90 bits per heavy atom. The molecular formula is C14H23O5P. The van der Waals surface area contributed by atoms with Gasteiger partial charge in [0.15, 0.2) is 6.10 Å². The number of esters is 1. The largest absolute Gasteiger partial charge is 0.467 e. The fourth-order valence-corrected chi connectivity index (χ4v) is 2.83. The number of rotatable bonds is 7. The summed E-state index contributed by atoms with van der Waals surface area (Å²) in [4.78, 5) is 11.3. The van der Waals surface area contributed by atoms with E-state index >= 15 is 0 Å². The van der Waals surface area contributed by atoms with E-state index in [9.17, 15) is 9.36 Å². The molecule has 20 heavy (non-hydrogen) atoms. The predicted octanol–water partition coefficient (Wildman–Crippen LogP) is 3.83. The number of allylic oxidation sites excluding steroid dienone is 4. The lowest BCUT2D eigenvalue weighted by molar-refractivity contribution is -0.148. The lowest BCUT2D eigenvalue weighted by Crippen LogP contribution is -2.21. The van der Waals surface area contributed by atoms with Crippen molar-refractivity contribution in [1.29, 1.82) is 0 Å². The van der Waals surface area contributed by atoms with Crippen molar-refractivity contribution in [2.45, 2.75) is 33.8 Å². The minimum atomic E-state index is -3.46. The van der Waals surface area contributed by atoms with Crippen LogP contribution in [0.5, 0.6) is 0 Å². The lowest BCUT2D eigenvalue weighted by atomic mass is 10.1. The summed E-state index contributed by atoms with van der Waals surface area (Å²) in [7, 11) is -2.22. The Kier molecular flexibility index (Phi) is 7.54. The first kappa shape index (κ1) is 18.7. The second kappa shape index (κ2) is 8.08. The van der Waals surface area contributed by atoms with E-state index in [1.807, 2.05) is 26.0 Å². The molecule has 0 radical (unpaired) electrons. The first-order chi connectivity index (χ1) is 9.14. The molecule has 0 N–H and O–H groups in total. The van der Waals surface area contributed by atoms with Crippen molar-refractivity contribution in [2.75, 3.05) is 13.8 Å². The number of methoxy groups -OCH3 is 1. The van der Waals surface area contributed by atoms with Gasteiger partial charge in [0.2, 0.25) is 0 Å². The number of hydrogen-bond acceptors (Lipinski definition) is 5. The Labute approximate surface area is 120 Å². The first-order valence-electron chi connectivity index (χ1n) is 6.17. The van der Waals surface area contributed by atoms with Crippen molar-refractivity contribution in [1.82, 2.24) is 0 Å². The van der Waals surface area contributed by atoms with Crippen LogP contribution >= 0.6 is 7.60 Å². The molecule has 0 saturated carbocycles. The summed E-state index contributed by atoms with van der Waals surface area (Å²) in [6.45, 7) is 12.0. The van der Waals surface area contributed by atoms with Gasteiger partial charge in [0.05, 0.1) is 7.11 Å². The van der Waals surface area contributed by atoms with Crippen molar-refractivity contribution in [2.24, 2.45) is 0 Å². The van der Waals surface area contributed by atoms with Crippen molar-refractivity contribution in [3.8, 4) is 0 Å². The van der Waals surface area contributed by atoms with E-state index < -0.39 is 19.7 Å². The molecule has 1 unspecified atom stereocenters. The van der Waals surface area contributed by atoms with Gasteiger partial charge < -0.3 is 9.26 Å². The van der Waals surface area contributed by atoms with Gasteiger partial charge in [0.25, 0.3) is 0 Å². The third-order valence-corrected chi connectivity index (χ3v) is 3.52. The van der Waals surface area contributed by atoms with Crippen LogP contribution in [0.3, 0.4) is 0 Å².